The number of rotatable bonds is 6. The molecule has 7 rings (SSSR count). The fourth-order valence-electron chi connectivity index (χ4n) is 10.0. The number of aryl methyl sites for hydroxylation is 1. The molecule has 13 heteroatoms. The molecule has 1 amide bonds. The van der Waals surface area contributed by atoms with Crippen molar-refractivity contribution in [2.75, 3.05) is 84.8 Å². The number of amides is 1. The fraction of sp³-hybridized carbons (Fsp3) is 0.690. The number of anilines is 1. The second kappa shape index (κ2) is 18.0. The van der Waals surface area contributed by atoms with Crippen LogP contribution >= 0.6 is 11.6 Å². The number of carbonyl (C=O) groups is 1. The Bertz CT molecular complexity index is 1750. The molecule has 304 valence electrons. The molecule has 5 aliphatic rings. The summed E-state index contributed by atoms with van der Waals surface area (Å²) in [6, 6.07) is 11.7. The van der Waals surface area contributed by atoms with Crippen LogP contribution in [0.15, 0.2) is 36.4 Å². The molecule has 0 radical (unpaired) electrons. The number of ether oxygens (including phenoxy) is 4. The van der Waals surface area contributed by atoms with Crippen LogP contribution in [0.4, 0.5) is 5.69 Å². The summed E-state index contributed by atoms with van der Waals surface area (Å²) in [5, 5.41) is -0.0680. The summed E-state index contributed by atoms with van der Waals surface area (Å²) in [4.78, 5) is 21.4. The average molecular weight is 801 g/mol. The van der Waals surface area contributed by atoms with Gasteiger partial charge >= 0.3 is 0 Å². The molecule has 6 atom stereocenters. The molecule has 1 aliphatic carbocycles. The van der Waals surface area contributed by atoms with Crippen molar-refractivity contribution in [3.8, 4) is 5.75 Å². The third-order valence-electron chi connectivity index (χ3n) is 13.3. The van der Waals surface area contributed by atoms with Crippen molar-refractivity contribution in [1.29, 1.82) is 0 Å². The highest BCUT2D eigenvalue weighted by atomic mass is 35.5. The van der Waals surface area contributed by atoms with E-state index in [1.807, 2.05) is 44.4 Å². The lowest BCUT2D eigenvalue weighted by atomic mass is 9.62. The maximum absolute atomic E-state index is 14.1. The number of nitrogens with one attached hydrogen (secondary N) is 1. The minimum Gasteiger partial charge on any atom is -0.487 e. The molecule has 4 aliphatic heterocycles. The Labute approximate surface area is 333 Å². The number of halogens is 1. The van der Waals surface area contributed by atoms with E-state index < -0.39 is 21.2 Å². The number of methoxy groups -OCH3 is 2. The van der Waals surface area contributed by atoms with Gasteiger partial charge in [-0.05, 0) is 111 Å². The summed E-state index contributed by atoms with van der Waals surface area (Å²) in [6.07, 6.45) is 7.66. The first kappa shape index (κ1) is 40.7. The summed E-state index contributed by atoms with van der Waals surface area (Å²) in [7, 11) is -0.563. The maximum Gasteiger partial charge on any atom is 0.264 e. The lowest BCUT2D eigenvalue weighted by Gasteiger charge is -2.54. The zero-order valence-corrected chi connectivity index (χ0v) is 34.6. The van der Waals surface area contributed by atoms with Gasteiger partial charge in [-0.25, -0.2) is 13.1 Å². The Balaban J connectivity index is 1.25. The first-order valence-electron chi connectivity index (χ1n) is 20.5. The minimum atomic E-state index is -4.04. The van der Waals surface area contributed by atoms with E-state index >= 15 is 0 Å². The minimum absolute atomic E-state index is 0.197. The van der Waals surface area contributed by atoms with E-state index in [0.717, 1.165) is 120 Å². The van der Waals surface area contributed by atoms with Crippen molar-refractivity contribution < 1.29 is 32.2 Å². The molecule has 2 aromatic carbocycles. The van der Waals surface area contributed by atoms with E-state index in [2.05, 4.69) is 19.4 Å². The zero-order valence-electron chi connectivity index (χ0n) is 33.0. The lowest BCUT2D eigenvalue weighted by Crippen LogP contribution is -2.63. The normalized spacial score (nSPS) is 31.0. The van der Waals surface area contributed by atoms with Gasteiger partial charge in [-0.3, -0.25) is 14.6 Å². The van der Waals surface area contributed by atoms with Gasteiger partial charge in [0.25, 0.3) is 5.91 Å². The number of carbonyl (C=O) groups excluding carboxylic acids is 1. The third kappa shape index (κ3) is 9.32. The summed E-state index contributed by atoms with van der Waals surface area (Å²) in [5.74, 6) is 0.566. The standard InChI is InChI=1S/C42H61ClN4O7S/c1-30-7-6-16-42(52-3,29-45-18-19-46-20-22-53-28-36(46)26-45)37-13-10-33(37)25-47-17-5-4-8-31-23-35(43)12-9-34(31)27-54-39-14-11-32(24-38(39)47)41(48)44-55(49,50)40(30)15-21-51-2/h9,11-12,14,23-24,30,33,36-37,40H,4-8,10,13,15-22,25-29H2,1-3H3,(H,44,48)/t30-,33-,36-,37+,40+,42-/m0/s1. The van der Waals surface area contributed by atoms with Gasteiger partial charge in [-0.1, -0.05) is 31.0 Å². The van der Waals surface area contributed by atoms with Crippen molar-refractivity contribution >= 4 is 33.2 Å². The average Bonchev–Trinajstić information content (AvgIpc) is 3.19. The molecule has 11 nitrogen and oxygen atoms in total. The van der Waals surface area contributed by atoms with Gasteiger partial charge < -0.3 is 23.8 Å². The van der Waals surface area contributed by atoms with Gasteiger partial charge in [-0.2, -0.15) is 0 Å². The van der Waals surface area contributed by atoms with E-state index in [1.165, 1.54) is 5.56 Å². The molecular formula is C42H61ClN4O7S. The molecule has 2 aromatic rings. The van der Waals surface area contributed by atoms with Gasteiger partial charge in [0.2, 0.25) is 10.0 Å². The monoisotopic (exact) mass is 800 g/mol. The summed E-state index contributed by atoms with van der Waals surface area (Å²) in [6.45, 7) is 10.6. The lowest BCUT2D eigenvalue weighted by molar-refractivity contribution is -0.140. The fourth-order valence-corrected chi connectivity index (χ4v) is 11.9. The van der Waals surface area contributed by atoms with Crippen LogP contribution in [0.1, 0.15) is 79.8 Å². The molecule has 0 unspecified atom stereocenters. The van der Waals surface area contributed by atoms with E-state index in [-0.39, 0.29) is 18.1 Å². The number of hydrogen-bond acceptors (Lipinski definition) is 10. The van der Waals surface area contributed by atoms with Crippen LogP contribution < -0.4 is 14.4 Å². The number of benzene rings is 2. The second-order valence-electron chi connectivity index (χ2n) is 16.7. The van der Waals surface area contributed by atoms with Gasteiger partial charge in [0.15, 0.2) is 0 Å². The number of piperazine rings is 1. The highest BCUT2D eigenvalue weighted by molar-refractivity contribution is 7.90. The van der Waals surface area contributed by atoms with Crippen LogP contribution in [0, 0.1) is 17.8 Å². The molecule has 0 spiro atoms. The molecule has 0 aromatic heterocycles. The summed E-state index contributed by atoms with van der Waals surface area (Å²) < 4.78 is 55.3. The maximum atomic E-state index is 14.1. The Morgan fingerprint density at radius 2 is 1.85 bits per heavy atom. The predicted octanol–water partition coefficient (Wildman–Crippen LogP) is 5.77. The number of morpholine rings is 1. The van der Waals surface area contributed by atoms with E-state index in [4.69, 9.17) is 30.5 Å². The van der Waals surface area contributed by atoms with Crippen LogP contribution in [0.25, 0.3) is 0 Å². The van der Waals surface area contributed by atoms with Gasteiger partial charge in [0, 0.05) is 83.3 Å². The topological polar surface area (TPSA) is 110 Å². The highest BCUT2D eigenvalue weighted by Crippen LogP contribution is 2.48. The number of hydrogen-bond donors (Lipinski definition) is 1. The number of fused-ring (bicyclic) bond motifs is 4. The molecule has 4 heterocycles. The second-order valence-corrected chi connectivity index (χ2v) is 19.0. The van der Waals surface area contributed by atoms with Crippen molar-refractivity contribution in [2.45, 2.75) is 88.2 Å². The van der Waals surface area contributed by atoms with Crippen molar-refractivity contribution in [2.24, 2.45) is 17.8 Å². The van der Waals surface area contributed by atoms with Crippen molar-refractivity contribution in [3.63, 3.8) is 0 Å². The van der Waals surface area contributed by atoms with Crippen LogP contribution in [0.5, 0.6) is 5.75 Å². The van der Waals surface area contributed by atoms with Gasteiger partial charge in [0.1, 0.15) is 12.4 Å². The number of nitrogens with zero attached hydrogens (tertiary/aromatic N) is 3. The molecule has 1 saturated carbocycles. The molecular weight excluding hydrogens is 740 g/mol. The third-order valence-corrected chi connectivity index (χ3v) is 15.5. The van der Waals surface area contributed by atoms with Crippen LogP contribution in [-0.2, 0) is 37.3 Å². The van der Waals surface area contributed by atoms with E-state index in [0.29, 0.717) is 48.6 Å². The van der Waals surface area contributed by atoms with Crippen LogP contribution in [-0.4, -0.2) is 121 Å². The highest BCUT2D eigenvalue weighted by Gasteiger charge is 2.50. The van der Waals surface area contributed by atoms with Gasteiger partial charge in [0.05, 0.1) is 29.8 Å². The molecule has 55 heavy (non-hydrogen) atoms. The summed E-state index contributed by atoms with van der Waals surface area (Å²) >= 11 is 6.43. The van der Waals surface area contributed by atoms with Crippen molar-refractivity contribution in [3.05, 3.63) is 58.1 Å². The molecule has 2 bridgehead atoms. The van der Waals surface area contributed by atoms with Crippen molar-refractivity contribution in [1.82, 2.24) is 14.5 Å². The molecule has 2 saturated heterocycles. The summed E-state index contributed by atoms with van der Waals surface area (Å²) in [5.41, 5.74) is 3.01. The van der Waals surface area contributed by atoms with Gasteiger partial charge in [-0.15, -0.1) is 0 Å². The SMILES string of the molecule is COCC[C@@H]1[C@@H](C)CCC[C@@](CN2CCN3CCOC[C@@H]3C2)(OC)[C@@H]2CC[C@H]2CN2CCCCc3cc(Cl)ccc3COc3ccc(cc32)C(=O)NS1(=O)=O. The zero-order chi connectivity index (χ0) is 38.6. The Morgan fingerprint density at radius 3 is 2.65 bits per heavy atom. The Kier molecular flexibility index (Phi) is 13.3. The first-order valence-corrected chi connectivity index (χ1v) is 22.4. The quantitative estimate of drug-likeness (QED) is 0.387. The molecule has 1 N–H and O–H groups in total. The smallest absolute Gasteiger partial charge is 0.264 e. The number of sulfonamides is 1. The van der Waals surface area contributed by atoms with E-state index in [9.17, 15) is 13.2 Å². The largest absolute Gasteiger partial charge is 0.487 e. The van der Waals surface area contributed by atoms with Crippen LogP contribution in [0.2, 0.25) is 5.02 Å². The predicted molar refractivity (Wildman–Crippen MR) is 216 cm³/mol. The first-order chi connectivity index (χ1) is 26.6. The Morgan fingerprint density at radius 1 is 0.982 bits per heavy atom. The Hall–Kier alpha value is -2.45. The molecule has 3 fully saturated rings. The van der Waals surface area contributed by atoms with E-state index in [1.54, 1.807) is 13.2 Å². The van der Waals surface area contributed by atoms with Crippen LogP contribution in [0.3, 0.4) is 0 Å².